The van der Waals surface area contributed by atoms with Crippen LogP contribution in [0.15, 0.2) is 18.3 Å². The van der Waals surface area contributed by atoms with Gasteiger partial charge in [0.05, 0.1) is 29.9 Å². The number of carbonyl (C=O) groups excluding carboxylic acids is 1. The summed E-state index contributed by atoms with van der Waals surface area (Å²) in [4.78, 5) is 19.9. The number of hydrogen-bond donors (Lipinski definition) is 1. The number of nitrogen functional groups attached to an aromatic ring is 1. The van der Waals surface area contributed by atoms with Crippen molar-refractivity contribution in [3.05, 3.63) is 35.5 Å². The van der Waals surface area contributed by atoms with Gasteiger partial charge in [-0.05, 0) is 13.0 Å². The molecule has 1 aromatic carbocycles. The monoisotopic (exact) mass is 274 g/mol. The van der Waals surface area contributed by atoms with Crippen molar-refractivity contribution in [2.45, 2.75) is 6.92 Å². The second-order valence-corrected chi connectivity index (χ2v) is 4.34. The molecule has 3 rings (SSSR count). The summed E-state index contributed by atoms with van der Waals surface area (Å²) in [5, 5.41) is 0. The minimum absolute atomic E-state index is 0.152. The lowest BCUT2D eigenvalue weighted by Gasteiger charge is -2.08. The highest BCUT2D eigenvalue weighted by molar-refractivity contribution is 5.95. The van der Waals surface area contributed by atoms with Crippen LogP contribution in [0.25, 0.3) is 16.6 Å². The number of fused-ring (bicyclic) bond motifs is 3. The third-order valence-electron chi connectivity index (χ3n) is 3.15. The van der Waals surface area contributed by atoms with E-state index >= 15 is 0 Å². The third kappa shape index (κ3) is 1.59. The lowest BCUT2D eigenvalue weighted by Crippen LogP contribution is -2.07. The Kier molecular flexibility index (Phi) is 2.56. The van der Waals surface area contributed by atoms with Crippen LogP contribution in [-0.2, 0) is 4.74 Å². The third-order valence-corrected chi connectivity index (χ3v) is 3.15. The van der Waals surface area contributed by atoms with Crippen molar-refractivity contribution >= 4 is 28.3 Å². The minimum atomic E-state index is -0.743. The lowest BCUT2D eigenvalue weighted by atomic mass is 10.1. The summed E-state index contributed by atoms with van der Waals surface area (Å²) >= 11 is 0. The second kappa shape index (κ2) is 4.16. The predicted molar refractivity (Wildman–Crippen MR) is 70.9 cm³/mol. The highest BCUT2D eigenvalue weighted by Gasteiger charge is 2.17. The van der Waals surface area contributed by atoms with E-state index in [1.165, 1.54) is 13.2 Å². The number of carbonyl (C=O) groups is 1. The molecule has 7 heteroatoms. The van der Waals surface area contributed by atoms with Gasteiger partial charge in [-0.2, -0.15) is 0 Å². The van der Waals surface area contributed by atoms with Gasteiger partial charge in [0.25, 0.3) is 0 Å². The van der Waals surface area contributed by atoms with Crippen molar-refractivity contribution in [1.29, 1.82) is 0 Å². The first-order valence-corrected chi connectivity index (χ1v) is 5.84. The molecular formula is C13H11FN4O2. The Morgan fingerprint density at radius 3 is 2.85 bits per heavy atom. The predicted octanol–water partition coefficient (Wildman–Crippen LogP) is 1.70. The van der Waals surface area contributed by atoms with Crippen molar-refractivity contribution in [2.24, 2.45) is 0 Å². The van der Waals surface area contributed by atoms with Crippen LogP contribution in [0.1, 0.15) is 16.2 Å². The number of nitrogens with zero attached hydrogens (tertiary/aromatic N) is 3. The molecule has 0 fully saturated rings. The lowest BCUT2D eigenvalue weighted by molar-refractivity contribution is 0.0595. The van der Waals surface area contributed by atoms with Crippen LogP contribution in [-0.4, -0.2) is 27.4 Å². The molecule has 2 aromatic heterocycles. The summed E-state index contributed by atoms with van der Waals surface area (Å²) in [6, 6.07) is 2.56. The summed E-state index contributed by atoms with van der Waals surface area (Å²) in [7, 11) is 1.20. The molecule has 20 heavy (non-hydrogen) atoms. The van der Waals surface area contributed by atoms with Gasteiger partial charge < -0.3 is 10.5 Å². The van der Waals surface area contributed by atoms with Crippen molar-refractivity contribution in [1.82, 2.24) is 14.4 Å². The molecule has 0 aliphatic heterocycles. The number of imidazole rings is 1. The van der Waals surface area contributed by atoms with Gasteiger partial charge in [-0.15, -0.1) is 0 Å². The number of aryl methyl sites for hydroxylation is 1. The molecule has 0 aliphatic carbocycles. The van der Waals surface area contributed by atoms with Crippen LogP contribution < -0.4 is 5.73 Å². The van der Waals surface area contributed by atoms with Gasteiger partial charge in [-0.3, -0.25) is 4.40 Å². The van der Waals surface area contributed by atoms with E-state index in [0.717, 1.165) is 6.07 Å². The standard InChI is InChI=1S/C13H11FN4O2/c1-6-16-5-11-12(15)17-9-4-8(14)7(13(19)20-2)3-10(9)18(6)11/h3-5H,1-2H3,(H2,15,17). The van der Waals surface area contributed by atoms with Crippen LogP contribution in [0.4, 0.5) is 10.2 Å². The largest absolute Gasteiger partial charge is 0.465 e. The fourth-order valence-corrected chi connectivity index (χ4v) is 2.20. The maximum atomic E-state index is 13.9. The first kappa shape index (κ1) is 12.3. The maximum absolute atomic E-state index is 13.9. The van der Waals surface area contributed by atoms with Gasteiger partial charge in [0.1, 0.15) is 23.0 Å². The molecule has 0 amide bonds. The maximum Gasteiger partial charge on any atom is 0.340 e. The average Bonchev–Trinajstić information content (AvgIpc) is 2.80. The fourth-order valence-electron chi connectivity index (χ4n) is 2.20. The van der Waals surface area contributed by atoms with Gasteiger partial charge >= 0.3 is 5.97 Å². The Bertz CT molecular complexity index is 857. The average molecular weight is 274 g/mol. The molecule has 2 N–H and O–H groups in total. The van der Waals surface area contributed by atoms with Crippen LogP contribution >= 0.6 is 0 Å². The summed E-state index contributed by atoms with van der Waals surface area (Å²) < 4.78 is 20.2. The van der Waals surface area contributed by atoms with E-state index in [-0.39, 0.29) is 11.4 Å². The molecule has 0 spiro atoms. The van der Waals surface area contributed by atoms with E-state index in [1.54, 1.807) is 17.5 Å². The molecule has 0 bridgehead atoms. The zero-order valence-electron chi connectivity index (χ0n) is 10.8. The van der Waals surface area contributed by atoms with Crippen molar-refractivity contribution in [3.63, 3.8) is 0 Å². The number of anilines is 1. The van der Waals surface area contributed by atoms with Gasteiger partial charge in [0, 0.05) is 6.07 Å². The number of hydrogen-bond acceptors (Lipinski definition) is 5. The topological polar surface area (TPSA) is 82.5 Å². The minimum Gasteiger partial charge on any atom is -0.465 e. The first-order valence-electron chi connectivity index (χ1n) is 5.84. The van der Waals surface area contributed by atoms with Gasteiger partial charge in [-0.25, -0.2) is 19.2 Å². The number of esters is 1. The van der Waals surface area contributed by atoms with E-state index in [1.807, 2.05) is 0 Å². The molecule has 102 valence electrons. The Labute approximate surface area is 113 Å². The van der Waals surface area contributed by atoms with E-state index in [4.69, 9.17) is 5.73 Å². The molecule has 0 atom stereocenters. The molecule has 0 aliphatic rings. The molecule has 0 unspecified atom stereocenters. The number of benzene rings is 1. The number of rotatable bonds is 1. The second-order valence-electron chi connectivity index (χ2n) is 4.34. The number of nitrogens with two attached hydrogens (primary N) is 1. The number of ether oxygens (including phenoxy) is 1. The Hall–Kier alpha value is -2.70. The van der Waals surface area contributed by atoms with Crippen LogP contribution in [0, 0.1) is 12.7 Å². The Morgan fingerprint density at radius 1 is 1.40 bits per heavy atom. The zero-order chi connectivity index (χ0) is 14.4. The molecule has 6 nitrogen and oxygen atoms in total. The van der Waals surface area contributed by atoms with Gasteiger partial charge in [-0.1, -0.05) is 0 Å². The SMILES string of the molecule is COC(=O)c1cc2c(cc1F)nc(N)c1cnc(C)n12. The van der Waals surface area contributed by atoms with Gasteiger partial charge in [0.15, 0.2) is 0 Å². The molecule has 0 radical (unpaired) electrons. The zero-order valence-corrected chi connectivity index (χ0v) is 10.8. The van der Waals surface area contributed by atoms with E-state index in [2.05, 4.69) is 14.7 Å². The molecule has 3 aromatic rings. The van der Waals surface area contributed by atoms with Crippen molar-refractivity contribution in [2.75, 3.05) is 12.8 Å². The Morgan fingerprint density at radius 2 is 2.15 bits per heavy atom. The molecule has 0 saturated carbocycles. The Balaban J connectivity index is 2.48. The summed E-state index contributed by atoms with van der Waals surface area (Å²) in [6.07, 6.45) is 1.58. The van der Waals surface area contributed by atoms with Crippen LogP contribution in [0.5, 0.6) is 0 Å². The number of methoxy groups -OCH3 is 1. The first-order chi connectivity index (χ1) is 9.52. The normalized spacial score (nSPS) is 11.2. The van der Waals surface area contributed by atoms with Crippen molar-refractivity contribution in [3.8, 4) is 0 Å². The van der Waals surface area contributed by atoms with E-state index in [9.17, 15) is 9.18 Å². The highest BCUT2D eigenvalue weighted by atomic mass is 19.1. The highest BCUT2D eigenvalue weighted by Crippen LogP contribution is 2.24. The van der Waals surface area contributed by atoms with Crippen LogP contribution in [0.2, 0.25) is 0 Å². The fraction of sp³-hybridized carbons (Fsp3) is 0.154. The van der Waals surface area contributed by atoms with E-state index in [0.29, 0.717) is 22.4 Å². The molecular weight excluding hydrogens is 263 g/mol. The smallest absolute Gasteiger partial charge is 0.340 e. The summed E-state index contributed by atoms with van der Waals surface area (Å²) in [6.45, 7) is 1.78. The molecule has 2 heterocycles. The van der Waals surface area contributed by atoms with E-state index < -0.39 is 11.8 Å². The summed E-state index contributed by atoms with van der Waals surface area (Å²) in [5.41, 5.74) is 7.18. The van der Waals surface area contributed by atoms with Crippen LogP contribution in [0.3, 0.4) is 0 Å². The number of aromatic nitrogens is 3. The quantitative estimate of drug-likeness (QED) is 0.683. The molecule has 0 saturated heterocycles. The van der Waals surface area contributed by atoms with Gasteiger partial charge in [0.2, 0.25) is 0 Å². The van der Waals surface area contributed by atoms with Crippen molar-refractivity contribution < 1.29 is 13.9 Å². The summed E-state index contributed by atoms with van der Waals surface area (Å²) in [5.74, 6) is -0.523. The number of halogens is 1.